The van der Waals surface area contributed by atoms with Gasteiger partial charge in [0.25, 0.3) is 5.56 Å². The van der Waals surface area contributed by atoms with E-state index in [2.05, 4.69) is 20.2 Å². The number of nitrogens with one attached hydrogen (secondary N) is 3. The first kappa shape index (κ1) is 37.7. The second kappa shape index (κ2) is 17.0. The fourth-order valence-electron chi connectivity index (χ4n) is 6.17. The number of aromatic nitrogens is 2. The summed E-state index contributed by atoms with van der Waals surface area (Å²) in [4.78, 5) is 54.6. The molecule has 19 heteroatoms. The molecule has 4 rings (SSSR count). The highest BCUT2D eigenvalue weighted by Crippen LogP contribution is 2.45. The van der Waals surface area contributed by atoms with Crippen LogP contribution in [0.15, 0.2) is 27.0 Å². The van der Waals surface area contributed by atoms with Gasteiger partial charge in [-0.3, -0.25) is 28.5 Å². The van der Waals surface area contributed by atoms with Crippen molar-refractivity contribution in [3.63, 3.8) is 0 Å². The number of azide groups is 1. The van der Waals surface area contributed by atoms with Crippen molar-refractivity contribution in [1.82, 2.24) is 19.7 Å². The summed E-state index contributed by atoms with van der Waals surface area (Å²) in [5.74, 6) is -1.40. The van der Waals surface area contributed by atoms with Gasteiger partial charge in [0.15, 0.2) is 12.4 Å². The molecule has 2 saturated carbocycles. The number of alkyl halides is 1. The molecule has 1 aliphatic heterocycles. The normalized spacial score (nSPS) is 27.7. The number of aliphatic hydroxyl groups is 1. The molecule has 17 nitrogen and oxygen atoms in total. The molecule has 1 aromatic heterocycles. The summed E-state index contributed by atoms with van der Waals surface area (Å²) >= 11 is 0. The number of halogens is 1. The Bertz CT molecular complexity index is 1430. The Morgan fingerprint density at radius 3 is 2.15 bits per heavy atom. The van der Waals surface area contributed by atoms with Gasteiger partial charge in [-0.05, 0) is 77.2 Å². The summed E-state index contributed by atoms with van der Waals surface area (Å²) < 4.78 is 53.7. The zero-order chi connectivity index (χ0) is 34.9. The van der Waals surface area contributed by atoms with E-state index >= 15 is 4.39 Å². The van der Waals surface area contributed by atoms with Gasteiger partial charge in [-0.25, -0.2) is 19.4 Å². The van der Waals surface area contributed by atoms with Gasteiger partial charge in [0.2, 0.25) is 0 Å². The fraction of sp³-hybridized carbons (Fsp3) is 0.793. The molecule has 6 atom stereocenters. The number of nitrogens with zero attached hydrogens (tertiary/aromatic N) is 4. The lowest BCUT2D eigenvalue weighted by Gasteiger charge is -2.32. The molecule has 268 valence electrons. The number of esters is 2. The number of hydrogen-bond donors (Lipinski definition) is 4. The predicted molar refractivity (Wildman–Crippen MR) is 168 cm³/mol. The minimum Gasteiger partial charge on any atom is -0.461 e. The third-order valence-electron chi connectivity index (χ3n) is 8.90. The zero-order valence-electron chi connectivity index (χ0n) is 27.1. The Morgan fingerprint density at radius 2 is 1.65 bits per heavy atom. The molecule has 2 heterocycles. The Balaban J connectivity index is 1.54. The van der Waals surface area contributed by atoms with Gasteiger partial charge >= 0.3 is 25.3 Å². The van der Waals surface area contributed by atoms with Crippen LogP contribution < -0.4 is 21.4 Å². The monoisotopic (exact) mass is 701 g/mol. The zero-order valence-corrected chi connectivity index (χ0v) is 28.0. The molecular formula is C29H45FN7O10P. The highest BCUT2D eigenvalue weighted by molar-refractivity contribution is 7.54. The van der Waals surface area contributed by atoms with Crippen LogP contribution >= 0.6 is 7.67 Å². The van der Waals surface area contributed by atoms with Crippen LogP contribution in [0.1, 0.15) is 90.7 Å². The van der Waals surface area contributed by atoms with E-state index in [1.807, 2.05) is 4.98 Å². The predicted octanol–water partition coefficient (Wildman–Crippen LogP) is 3.04. The second-order valence-electron chi connectivity index (χ2n) is 12.6. The molecule has 1 aromatic rings. The Hall–Kier alpha value is -3.11. The van der Waals surface area contributed by atoms with Crippen molar-refractivity contribution in [3.05, 3.63) is 43.5 Å². The molecule has 0 aromatic carbocycles. The SMILES string of the molecule is CC(NP(=O)(NC(C)C(=O)OC1CCCCC1)OC[C@H]1O[C@@H](n2ccc(=O)[nH]c2=O)[C@H](F)[C@@]1(O)CCN=[N+]=[N-])C(=O)OC1CCCCC1. The van der Waals surface area contributed by atoms with Gasteiger partial charge in [-0.15, -0.1) is 0 Å². The number of ether oxygens (including phenoxy) is 3. The summed E-state index contributed by atoms with van der Waals surface area (Å²) in [7, 11) is -4.43. The number of hydrogen-bond acceptors (Lipinski definition) is 11. The van der Waals surface area contributed by atoms with Crippen molar-refractivity contribution in [3.8, 4) is 0 Å². The number of carbonyl (C=O) groups is 2. The number of carbonyl (C=O) groups excluding carboxylic acids is 2. The maximum absolute atomic E-state index is 15.9. The van der Waals surface area contributed by atoms with E-state index in [4.69, 9.17) is 24.3 Å². The number of H-pyrrole nitrogens is 1. The largest absolute Gasteiger partial charge is 0.461 e. The van der Waals surface area contributed by atoms with Gasteiger partial charge in [-0.1, -0.05) is 18.0 Å². The van der Waals surface area contributed by atoms with Gasteiger partial charge in [0.1, 0.15) is 36.0 Å². The highest BCUT2D eigenvalue weighted by Gasteiger charge is 2.57. The average Bonchev–Trinajstić information content (AvgIpc) is 3.30. The van der Waals surface area contributed by atoms with E-state index < -0.39 is 80.1 Å². The molecule has 4 N–H and O–H groups in total. The van der Waals surface area contributed by atoms with E-state index in [1.54, 1.807) is 0 Å². The van der Waals surface area contributed by atoms with Gasteiger partial charge in [0.05, 0.1) is 6.61 Å². The standard InChI is InChI=1S/C29H45FN7O10P/c1-18(26(39)45-20-9-5-3-6-10-20)34-48(43,35-19(2)27(40)46-21-11-7-4-8-12-21)44-17-22-29(42,14-15-32-36-31)24(30)25(47-22)37-16-13-23(38)33-28(37)41/h13,16,18-22,24-25,42H,3-12,14-15,17H2,1-2H3,(H,33,38,41)(H2,34,35,43)/t18?,19?,22-,24+,25-,29-,48?/m1/s1. The summed E-state index contributed by atoms with van der Waals surface area (Å²) in [5.41, 5.74) is 4.55. The lowest BCUT2D eigenvalue weighted by Crippen LogP contribution is -2.49. The van der Waals surface area contributed by atoms with Gasteiger partial charge in [0, 0.05) is 23.7 Å². The summed E-state index contributed by atoms with van der Waals surface area (Å²) in [6, 6.07) is -1.42. The summed E-state index contributed by atoms with van der Waals surface area (Å²) in [5, 5.41) is 20.0. The van der Waals surface area contributed by atoms with Crippen LogP contribution in [0, 0.1) is 0 Å². The highest BCUT2D eigenvalue weighted by atomic mass is 31.2. The van der Waals surface area contributed by atoms with Crippen LogP contribution in [0.5, 0.6) is 0 Å². The quantitative estimate of drug-likeness (QED) is 0.0679. The molecule has 48 heavy (non-hydrogen) atoms. The molecule has 0 spiro atoms. The third-order valence-corrected chi connectivity index (χ3v) is 10.9. The first-order valence-electron chi connectivity index (χ1n) is 16.4. The van der Waals surface area contributed by atoms with E-state index in [-0.39, 0.29) is 18.8 Å². The van der Waals surface area contributed by atoms with E-state index in [0.29, 0.717) is 25.7 Å². The van der Waals surface area contributed by atoms with E-state index in [0.717, 1.165) is 55.4 Å². The van der Waals surface area contributed by atoms with Crippen LogP contribution in [0.2, 0.25) is 0 Å². The summed E-state index contributed by atoms with van der Waals surface area (Å²) in [6.07, 6.45) is 2.78. The minimum absolute atomic E-state index is 0.291. The Labute approximate surface area is 276 Å². The smallest absolute Gasteiger partial charge is 0.342 e. The molecule has 0 amide bonds. The first-order valence-corrected chi connectivity index (χ1v) is 18.0. The van der Waals surface area contributed by atoms with E-state index in [9.17, 15) is 28.8 Å². The molecule has 2 aliphatic carbocycles. The Kier molecular flexibility index (Phi) is 13.4. The van der Waals surface area contributed by atoms with Crippen LogP contribution in [0.3, 0.4) is 0 Å². The number of rotatable bonds is 15. The molecule has 2 unspecified atom stereocenters. The summed E-state index contributed by atoms with van der Waals surface area (Å²) in [6.45, 7) is 1.66. The lowest BCUT2D eigenvalue weighted by atomic mass is 9.89. The average molecular weight is 702 g/mol. The van der Waals surface area contributed by atoms with Crippen molar-refractivity contribution in [2.24, 2.45) is 5.11 Å². The van der Waals surface area contributed by atoms with Crippen LogP contribution in [0.4, 0.5) is 4.39 Å². The lowest BCUT2D eigenvalue weighted by molar-refractivity contribution is -0.152. The fourth-order valence-corrected chi connectivity index (χ4v) is 7.97. The van der Waals surface area contributed by atoms with Crippen molar-refractivity contribution >= 4 is 19.6 Å². The molecule has 0 bridgehead atoms. The number of aromatic amines is 1. The van der Waals surface area contributed by atoms with Crippen molar-refractivity contribution < 1.29 is 42.4 Å². The van der Waals surface area contributed by atoms with Gasteiger partial charge in [-0.2, -0.15) is 0 Å². The van der Waals surface area contributed by atoms with Crippen molar-refractivity contribution in [2.75, 3.05) is 13.2 Å². The topological polar surface area (TPSA) is 236 Å². The maximum Gasteiger partial charge on any atom is 0.342 e. The molecule has 3 fully saturated rings. The molecule has 0 radical (unpaired) electrons. The van der Waals surface area contributed by atoms with Crippen LogP contribution in [-0.2, 0) is 32.9 Å². The third kappa shape index (κ3) is 9.74. The van der Waals surface area contributed by atoms with E-state index in [1.165, 1.54) is 13.8 Å². The molecular weight excluding hydrogens is 656 g/mol. The Morgan fingerprint density at radius 1 is 1.10 bits per heavy atom. The van der Waals surface area contributed by atoms with Crippen LogP contribution in [-0.4, -0.2) is 81.9 Å². The molecule has 3 aliphatic rings. The van der Waals surface area contributed by atoms with Crippen molar-refractivity contribution in [2.45, 2.75) is 133 Å². The minimum atomic E-state index is -4.43. The van der Waals surface area contributed by atoms with Gasteiger partial charge < -0.3 is 23.8 Å². The maximum atomic E-state index is 15.9. The van der Waals surface area contributed by atoms with Crippen molar-refractivity contribution in [1.29, 1.82) is 0 Å². The first-order chi connectivity index (χ1) is 22.8. The van der Waals surface area contributed by atoms with Crippen LogP contribution in [0.25, 0.3) is 10.4 Å². The second-order valence-corrected chi connectivity index (χ2v) is 14.5. The molecule has 1 saturated heterocycles.